The summed E-state index contributed by atoms with van der Waals surface area (Å²) in [5, 5.41) is 0. The minimum absolute atomic E-state index is 0.114. The number of ketones is 1. The Hall–Kier alpha value is -1.38. The summed E-state index contributed by atoms with van der Waals surface area (Å²) in [6, 6.07) is 0. The molecule has 0 aromatic carbocycles. The Morgan fingerprint density at radius 1 is 1.07 bits per heavy atom. The van der Waals surface area contributed by atoms with Crippen LogP contribution in [0, 0.1) is 34.5 Å². The maximum atomic E-state index is 12.2. The number of rotatable bonds is 1. The summed E-state index contributed by atoms with van der Waals surface area (Å²) in [6.45, 7) is 2.34. The highest BCUT2D eigenvalue weighted by atomic mass is 16.6. The Morgan fingerprint density at radius 2 is 1.93 bits per heavy atom. The summed E-state index contributed by atoms with van der Waals surface area (Å²) in [4.78, 5) is 24.1. The van der Waals surface area contributed by atoms with Crippen molar-refractivity contribution in [2.75, 3.05) is 0 Å². The summed E-state index contributed by atoms with van der Waals surface area (Å²) in [5.41, 5.74) is 1.50. The fraction of sp³-hybridized carbons (Fsp3) is 0.750. The van der Waals surface area contributed by atoms with E-state index in [0.717, 1.165) is 37.5 Å². The maximum Gasteiger partial charge on any atom is 0.331 e. The van der Waals surface area contributed by atoms with Crippen molar-refractivity contribution in [1.82, 2.24) is 0 Å². The first kappa shape index (κ1) is 16.6. The van der Waals surface area contributed by atoms with Crippen molar-refractivity contribution in [3.8, 4) is 0 Å². The van der Waals surface area contributed by atoms with Gasteiger partial charge in [-0.1, -0.05) is 12.5 Å². The second kappa shape index (κ2) is 5.15. The molecule has 4 fully saturated rings. The highest BCUT2D eigenvalue weighted by Crippen LogP contribution is 2.79. The van der Waals surface area contributed by atoms with Gasteiger partial charge in [-0.3, -0.25) is 4.79 Å². The summed E-state index contributed by atoms with van der Waals surface area (Å²) >= 11 is 0. The van der Waals surface area contributed by atoms with E-state index in [1.165, 1.54) is 44.1 Å². The zero-order valence-corrected chi connectivity index (χ0v) is 16.3. The lowest BCUT2D eigenvalue weighted by Crippen LogP contribution is -2.55. The molecule has 3 heteroatoms. The van der Waals surface area contributed by atoms with Gasteiger partial charge < -0.3 is 4.74 Å². The fourth-order valence-corrected chi connectivity index (χ4v) is 8.70. The van der Waals surface area contributed by atoms with Crippen molar-refractivity contribution in [2.45, 2.75) is 76.7 Å². The fourth-order valence-electron chi connectivity index (χ4n) is 8.70. The van der Waals surface area contributed by atoms with Crippen LogP contribution in [0.5, 0.6) is 0 Å². The molecule has 1 heterocycles. The number of allylic oxidation sites excluding steroid dienone is 1. The van der Waals surface area contributed by atoms with E-state index in [9.17, 15) is 9.59 Å². The number of hydrogen-bond acceptors (Lipinski definition) is 3. The molecule has 0 N–H and O–H groups in total. The third kappa shape index (κ3) is 1.85. The van der Waals surface area contributed by atoms with Crippen molar-refractivity contribution >= 4 is 11.8 Å². The molecule has 5 unspecified atom stereocenters. The van der Waals surface area contributed by atoms with Gasteiger partial charge in [-0.25, -0.2) is 4.79 Å². The molecule has 144 valence electrons. The average molecular weight is 367 g/mol. The van der Waals surface area contributed by atoms with Crippen LogP contribution in [0.3, 0.4) is 0 Å². The SMILES string of the molecule is CC[C@]12CCC3C4CCC(=O)C=C4CCC3C1CC1(CC1)C21C=CC(=O)O1. The van der Waals surface area contributed by atoms with Crippen molar-refractivity contribution in [1.29, 1.82) is 0 Å². The summed E-state index contributed by atoms with van der Waals surface area (Å²) in [7, 11) is 0. The van der Waals surface area contributed by atoms with Gasteiger partial charge >= 0.3 is 5.97 Å². The second-order valence-electron chi connectivity index (χ2n) is 10.3. The van der Waals surface area contributed by atoms with Gasteiger partial charge in [0.2, 0.25) is 0 Å². The first-order chi connectivity index (χ1) is 13.0. The van der Waals surface area contributed by atoms with E-state index in [2.05, 4.69) is 13.0 Å². The van der Waals surface area contributed by atoms with Crippen LogP contribution < -0.4 is 0 Å². The minimum atomic E-state index is -0.319. The van der Waals surface area contributed by atoms with Gasteiger partial charge in [0.15, 0.2) is 5.78 Å². The third-order valence-corrected chi connectivity index (χ3v) is 9.85. The van der Waals surface area contributed by atoms with E-state index in [-0.39, 0.29) is 22.4 Å². The molecule has 6 atom stereocenters. The number of hydrogen-bond donors (Lipinski definition) is 0. The summed E-state index contributed by atoms with van der Waals surface area (Å²) in [5.74, 6) is 3.05. The van der Waals surface area contributed by atoms with Gasteiger partial charge in [-0.2, -0.15) is 0 Å². The molecular formula is C24H30O3. The highest BCUT2D eigenvalue weighted by Gasteiger charge is 2.78. The topological polar surface area (TPSA) is 43.4 Å². The quantitative estimate of drug-likeness (QED) is 0.629. The van der Waals surface area contributed by atoms with E-state index in [4.69, 9.17) is 4.74 Å². The average Bonchev–Trinajstić information content (AvgIpc) is 3.28. The molecule has 27 heavy (non-hydrogen) atoms. The van der Waals surface area contributed by atoms with Gasteiger partial charge in [0.05, 0.1) is 0 Å². The van der Waals surface area contributed by atoms with Crippen LogP contribution in [-0.2, 0) is 14.3 Å². The zero-order chi connectivity index (χ0) is 18.4. The lowest BCUT2D eigenvalue weighted by Gasteiger charge is -2.56. The van der Waals surface area contributed by atoms with Gasteiger partial charge in [0.25, 0.3) is 0 Å². The van der Waals surface area contributed by atoms with E-state index in [1.54, 1.807) is 6.08 Å². The molecule has 0 saturated heterocycles. The van der Waals surface area contributed by atoms with Crippen molar-refractivity contribution in [3.05, 3.63) is 23.8 Å². The Bertz CT molecular complexity index is 787. The number of carbonyl (C=O) groups excluding carboxylic acids is 2. The van der Waals surface area contributed by atoms with E-state index >= 15 is 0 Å². The predicted molar refractivity (Wildman–Crippen MR) is 102 cm³/mol. The van der Waals surface area contributed by atoms with Crippen molar-refractivity contribution in [3.63, 3.8) is 0 Å². The lowest BCUT2D eigenvalue weighted by molar-refractivity contribution is -0.172. The Kier molecular flexibility index (Phi) is 3.16. The molecule has 0 bridgehead atoms. The first-order valence-corrected chi connectivity index (χ1v) is 11.2. The summed E-state index contributed by atoms with van der Waals surface area (Å²) < 4.78 is 6.25. The molecule has 5 aliphatic carbocycles. The Balaban J connectivity index is 1.41. The van der Waals surface area contributed by atoms with Crippen LogP contribution in [0.2, 0.25) is 0 Å². The smallest absolute Gasteiger partial charge is 0.331 e. The zero-order valence-electron chi connectivity index (χ0n) is 16.3. The molecule has 6 aliphatic rings. The Labute approximate surface area is 161 Å². The van der Waals surface area contributed by atoms with Crippen LogP contribution >= 0.6 is 0 Å². The molecule has 0 aromatic heterocycles. The van der Waals surface area contributed by atoms with Crippen LogP contribution in [0.4, 0.5) is 0 Å². The summed E-state index contributed by atoms with van der Waals surface area (Å²) in [6.07, 6.45) is 17.3. The molecule has 0 radical (unpaired) electrons. The number of fused-ring (bicyclic) bond motifs is 7. The lowest BCUT2D eigenvalue weighted by atomic mass is 9.49. The molecule has 3 nitrogen and oxygen atoms in total. The van der Waals surface area contributed by atoms with Crippen molar-refractivity contribution < 1.29 is 14.3 Å². The minimum Gasteiger partial charge on any atom is -0.450 e. The first-order valence-electron chi connectivity index (χ1n) is 11.2. The van der Waals surface area contributed by atoms with Gasteiger partial charge in [0, 0.05) is 23.3 Å². The molecule has 1 aliphatic heterocycles. The standard InChI is InChI=1S/C24H30O3/c1-2-23-9-7-18-17-6-4-16(25)13-15(17)3-5-19(18)20(23)14-22(11-12-22)24(23)10-8-21(26)27-24/h8,10,13,17-20H,2-7,9,11-12,14H2,1H3/t17?,18?,19?,20?,23-,24?/m0/s1. The van der Waals surface area contributed by atoms with E-state index in [0.29, 0.717) is 17.6 Å². The van der Waals surface area contributed by atoms with Crippen molar-refractivity contribution in [2.24, 2.45) is 34.5 Å². The monoisotopic (exact) mass is 366 g/mol. The van der Waals surface area contributed by atoms with Crippen LogP contribution in [0.15, 0.2) is 23.8 Å². The highest BCUT2D eigenvalue weighted by molar-refractivity contribution is 5.91. The van der Waals surface area contributed by atoms with Crippen LogP contribution in [0.1, 0.15) is 71.1 Å². The number of esters is 1. The Morgan fingerprint density at radius 3 is 2.63 bits per heavy atom. The van der Waals surface area contributed by atoms with E-state index in [1.807, 2.05) is 6.08 Å². The molecule has 2 spiro atoms. The van der Waals surface area contributed by atoms with E-state index < -0.39 is 0 Å². The number of carbonyl (C=O) groups is 2. The molecule has 0 aromatic rings. The largest absolute Gasteiger partial charge is 0.450 e. The predicted octanol–water partition coefficient (Wildman–Crippen LogP) is 4.76. The van der Waals surface area contributed by atoms with Crippen LogP contribution in [-0.4, -0.2) is 17.4 Å². The normalized spacial score (nSPS) is 48.9. The molecular weight excluding hydrogens is 336 g/mol. The third-order valence-electron chi connectivity index (χ3n) is 9.85. The van der Waals surface area contributed by atoms with Gasteiger partial charge in [0.1, 0.15) is 5.60 Å². The van der Waals surface area contributed by atoms with Crippen LogP contribution in [0.25, 0.3) is 0 Å². The maximum absolute atomic E-state index is 12.2. The van der Waals surface area contributed by atoms with Gasteiger partial charge in [-0.15, -0.1) is 0 Å². The molecule has 0 amide bonds. The number of ether oxygens (including phenoxy) is 1. The molecule has 6 rings (SSSR count). The van der Waals surface area contributed by atoms with Gasteiger partial charge in [-0.05, 0) is 93.6 Å². The second-order valence-corrected chi connectivity index (χ2v) is 10.3. The molecule has 4 saturated carbocycles.